The van der Waals surface area contributed by atoms with E-state index in [1.807, 2.05) is 37.3 Å². The van der Waals surface area contributed by atoms with Crippen molar-refractivity contribution in [3.05, 3.63) is 72.0 Å². The lowest BCUT2D eigenvalue weighted by Crippen LogP contribution is -2.30. The minimum absolute atomic E-state index is 0.0295. The van der Waals surface area contributed by atoms with Gasteiger partial charge in [-0.3, -0.25) is 9.52 Å². The van der Waals surface area contributed by atoms with Crippen LogP contribution < -0.4 is 9.62 Å². The number of aromatic nitrogens is 1. The third kappa shape index (κ3) is 4.17. The smallest absolute Gasteiger partial charge is 0.263 e. The van der Waals surface area contributed by atoms with Gasteiger partial charge in [-0.05, 0) is 44.2 Å². The van der Waals surface area contributed by atoms with Crippen LogP contribution >= 0.6 is 0 Å². The van der Waals surface area contributed by atoms with Crippen LogP contribution in [0.3, 0.4) is 0 Å². The number of sulfonamides is 1. The molecule has 0 aliphatic rings. The van der Waals surface area contributed by atoms with Crippen molar-refractivity contribution in [1.82, 2.24) is 5.16 Å². The molecule has 0 saturated carbocycles. The van der Waals surface area contributed by atoms with Crippen LogP contribution in [0.15, 0.2) is 70.1 Å². The molecule has 140 valence electrons. The zero-order chi connectivity index (χ0) is 19.4. The molecule has 1 heterocycles. The summed E-state index contributed by atoms with van der Waals surface area (Å²) in [6.07, 6.45) is 0. The molecule has 0 aliphatic carbocycles. The number of carbonyl (C=O) groups excluding carboxylic acids is 1. The zero-order valence-corrected chi connectivity index (χ0v) is 15.7. The number of benzene rings is 2. The fourth-order valence-corrected chi connectivity index (χ4v) is 3.64. The predicted octanol–water partition coefficient (Wildman–Crippen LogP) is 3.45. The largest absolute Gasteiger partial charge is 0.360 e. The predicted molar refractivity (Wildman–Crippen MR) is 102 cm³/mol. The summed E-state index contributed by atoms with van der Waals surface area (Å²) in [4.78, 5) is 14.5. The van der Waals surface area contributed by atoms with Crippen LogP contribution in [-0.2, 0) is 10.0 Å². The molecular weight excluding hydrogens is 366 g/mol. The van der Waals surface area contributed by atoms with E-state index in [-0.39, 0.29) is 22.2 Å². The Kier molecular flexibility index (Phi) is 5.27. The molecule has 1 N–H and O–H groups in total. The van der Waals surface area contributed by atoms with Gasteiger partial charge in [-0.2, -0.15) is 0 Å². The molecule has 3 rings (SSSR count). The van der Waals surface area contributed by atoms with Crippen molar-refractivity contribution < 1.29 is 17.7 Å². The van der Waals surface area contributed by atoms with Crippen molar-refractivity contribution >= 4 is 27.4 Å². The van der Waals surface area contributed by atoms with Gasteiger partial charge in [0.2, 0.25) is 0 Å². The van der Waals surface area contributed by atoms with Crippen LogP contribution in [0.4, 0.5) is 11.5 Å². The molecule has 0 radical (unpaired) electrons. The third-order valence-corrected chi connectivity index (χ3v) is 5.24. The van der Waals surface area contributed by atoms with Gasteiger partial charge in [0.15, 0.2) is 5.82 Å². The summed E-state index contributed by atoms with van der Waals surface area (Å²) in [5.41, 5.74) is 1.02. The average molecular weight is 385 g/mol. The van der Waals surface area contributed by atoms with E-state index in [1.54, 1.807) is 17.9 Å². The lowest BCUT2D eigenvalue weighted by atomic mass is 10.2. The first kappa shape index (κ1) is 18.7. The molecule has 3 aromatic rings. The summed E-state index contributed by atoms with van der Waals surface area (Å²) in [7, 11) is -3.90. The molecule has 0 atom stereocenters. The van der Waals surface area contributed by atoms with E-state index in [4.69, 9.17) is 4.52 Å². The molecule has 8 heteroatoms. The van der Waals surface area contributed by atoms with Crippen LogP contribution in [0.1, 0.15) is 23.0 Å². The average Bonchev–Trinajstić information content (AvgIpc) is 3.07. The number of anilines is 2. The van der Waals surface area contributed by atoms with E-state index in [9.17, 15) is 13.2 Å². The molecule has 0 saturated heterocycles. The van der Waals surface area contributed by atoms with Gasteiger partial charge < -0.3 is 9.42 Å². The first-order valence-corrected chi connectivity index (χ1v) is 9.82. The van der Waals surface area contributed by atoms with E-state index in [1.165, 1.54) is 24.3 Å². The topological polar surface area (TPSA) is 92.5 Å². The molecule has 2 aromatic carbocycles. The van der Waals surface area contributed by atoms with E-state index < -0.39 is 10.0 Å². The summed E-state index contributed by atoms with van der Waals surface area (Å²) in [6.45, 7) is 3.98. The lowest BCUT2D eigenvalue weighted by Gasteiger charge is -2.21. The maximum Gasteiger partial charge on any atom is 0.263 e. The first-order valence-electron chi connectivity index (χ1n) is 8.34. The van der Waals surface area contributed by atoms with Crippen molar-refractivity contribution in [2.45, 2.75) is 18.7 Å². The molecule has 1 amide bonds. The quantitative estimate of drug-likeness (QED) is 0.701. The number of carbonyl (C=O) groups is 1. The van der Waals surface area contributed by atoms with Crippen molar-refractivity contribution in [3.8, 4) is 0 Å². The van der Waals surface area contributed by atoms with E-state index in [0.29, 0.717) is 12.3 Å². The fourth-order valence-electron chi connectivity index (χ4n) is 2.61. The molecule has 0 unspecified atom stereocenters. The number of aryl methyl sites for hydroxylation is 1. The number of rotatable bonds is 6. The summed E-state index contributed by atoms with van der Waals surface area (Å²) >= 11 is 0. The number of hydrogen-bond acceptors (Lipinski definition) is 5. The minimum Gasteiger partial charge on any atom is -0.360 e. The maximum absolute atomic E-state index is 12.9. The Hall–Kier alpha value is -3.13. The van der Waals surface area contributed by atoms with Gasteiger partial charge in [0, 0.05) is 23.9 Å². The maximum atomic E-state index is 12.9. The Morgan fingerprint density at radius 1 is 1.11 bits per heavy atom. The first-order chi connectivity index (χ1) is 12.9. The van der Waals surface area contributed by atoms with Gasteiger partial charge in [0.05, 0.1) is 4.90 Å². The molecule has 0 spiro atoms. The van der Waals surface area contributed by atoms with Crippen LogP contribution in [0.5, 0.6) is 0 Å². The number of para-hydroxylation sites is 1. The summed E-state index contributed by atoms with van der Waals surface area (Å²) < 4.78 is 32.4. The van der Waals surface area contributed by atoms with E-state index >= 15 is 0 Å². The van der Waals surface area contributed by atoms with Gasteiger partial charge >= 0.3 is 0 Å². The Bertz CT molecular complexity index is 1050. The molecule has 0 fully saturated rings. The van der Waals surface area contributed by atoms with Crippen LogP contribution in [-0.4, -0.2) is 26.0 Å². The summed E-state index contributed by atoms with van der Waals surface area (Å²) in [5.74, 6) is 0.291. The Morgan fingerprint density at radius 2 is 1.85 bits per heavy atom. The highest BCUT2D eigenvalue weighted by molar-refractivity contribution is 7.92. The fraction of sp³-hybridized carbons (Fsp3) is 0.158. The molecular formula is C19H19N3O4S. The van der Waals surface area contributed by atoms with Gasteiger partial charge in [0.25, 0.3) is 15.9 Å². The van der Waals surface area contributed by atoms with Crippen LogP contribution in [0.25, 0.3) is 0 Å². The lowest BCUT2D eigenvalue weighted by molar-refractivity contribution is 0.0988. The van der Waals surface area contributed by atoms with Gasteiger partial charge in [-0.25, -0.2) is 8.42 Å². The molecule has 0 aliphatic heterocycles. The van der Waals surface area contributed by atoms with Crippen molar-refractivity contribution in [1.29, 1.82) is 0 Å². The minimum atomic E-state index is -3.90. The third-order valence-electron chi connectivity index (χ3n) is 3.89. The van der Waals surface area contributed by atoms with Crippen molar-refractivity contribution in [2.24, 2.45) is 0 Å². The summed E-state index contributed by atoms with van der Waals surface area (Å²) in [5, 5.41) is 3.62. The highest BCUT2D eigenvalue weighted by Gasteiger charge is 2.21. The zero-order valence-electron chi connectivity index (χ0n) is 14.9. The second-order valence-electron chi connectivity index (χ2n) is 5.84. The molecule has 7 nitrogen and oxygen atoms in total. The van der Waals surface area contributed by atoms with Crippen molar-refractivity contribution in [3.63, 3.8) is 0 Å². The van der Waals surface area contributed by atoms with Gasteiger partial charge in [-0.1, -0.05) is 29.4 Å². The SMILES string of the molecule is CCN(C(=O)c1cccc(S(=O)(=O)Nc2cc(C)on2)c1)c1ccccc1. The van der Waals surface area contributed by atoms with E-state index in [2.05, 4.69) is 9.88 Å². The molecule has 0 bridgehead atoms. The molecule has 27 heavy (non-hydrogen) atoms. The number of amides is 1. The van der Waals surface area contributed by atoms with Gasteiger partial charge in [-0.15, -0.1) is 0 Å². The highest BCUT2D eigenvalue weighted by atomic mass is 32.2. The number of nitrogens with one attached hydrogen (secondary N) is 1. The van der Waals surface area contributed by atoms with E-state index in [0.717, 1.165) is 5.69 Å². The number of hydrogen-bond donors (Lipinski definition) is 1. The van der Waals surface area contributed by atoms with Crippen LogP contribution in [0, 0.1) is 6.92 Å². The standard InChI is InChI=1S/C19H19N3O4S/c1-3-22(16-9-5-4-6-10-16)19(23)15-8-7-11-17(13-15)27(24,25)21-18-12-14(2)26-20-18/h4-13H,3H2,1-2H3,(H,20,21). The molecule has 1 aromatic heterocycles. The highest BCUT2D eigenvalue weighted by Crippen LogP contribution is 2.20. The van der Waals surface area contributed by atoms with Gasteiger partial charge in [0.1, 0.15) is 5.76 Å². The van der Waals surface area contributed by atoms with Crippen LogP contribution in [0.2, 0.25) is 0 Å². The Balaban J connectivity index is 1.89. The Labute approximate surface area is 157 Å². The number of nitrogens with zero attached hydrogens (tertiary/aromatic N) is 2. The summed E-state index contributed by atoms with van der Waals surface area (Å²) in [6, 6.07) is 16.6. The van der Waals surface area contributed by atoms with Crippen molar-refractivity contribution in [2.75, 3.05) is 16.2 Å². The monoisotopic (exact) mass is 385 g/mol. The second-order valence-corrected chi connectivity index (χ2v) is 7.52. The normalized spacial score (nSPS) is 11.2. The second kappa shape index (κ2) is 7.63. The Morgan fingerprint density at radius 3 is 2.48 bits per heavy atom.